The van der Waals surface area contributed by atoms with Gasteiger partial charge in [0.05, 0.1) is 16.6 Å². The quantitative estimate of drug-likeness (QED) is 0.945. The predicted octanol–water partition coefficient (Wildman–Crippen LogP) is 3.06. The molecule has 3 nitrogen and oxygen atoms in total. The van der Waals surface area contributed by atoms with Gasteiger partial charge in [-0.15, -0.1) is 11.3 Å². The van der Waals surface area contributed by atoms with Crippen molar-refractivity contribution in [2.24, 2.45) is 5.92 Å². The third kappa shape index (κ3) is 2.72. The Morgan fingerprint density at radius 1 is 1.50 bits per heavy atom. The molecule has 0 amide bonds. The molecule has 0 saturated heterocycles. The van der Waals surface area contributed by atoms with Gasteiger partial charge in [0.1, 0.15) is 5.82 Å². The van der Waals surface area contributed by atoms with Crippen LogP contribution in [0.5, 0.6) is 0 Å². The minimum absolute atomic E-state index is 0.241. The van der Waals surface area contributed by atoms with Crippen molar-refractivity contribution in [1.82, 2.24) is 4.98 Å². The monoisotopic (exact) mass is 291 g/mol. The Labute approximate surface area is 120 Å². The van der Waals surface area contributed by atoms with E-state index in [2.05, 4.69) is 4.98 Å². The zero-order valence-electron chi connectivity index (χ0n) is 10.8. The topological polar surface area (TPSA) is 50.2 Å². The Morgan fingerprint density at radius 2 is 2.35 bits per heavy atom. The van der Waals surface area contributed by atoms with Gasteiger partial charge >= 0.3 is 5.97 Å². The number of aromatic nitrogens is 1. The van der Waals surface area contributed by atoms with E-state index < -0.39 is 5.97 Å². The van der Waals surface area contributed by atoms with Crippen LogP contribution in [0.1, 0.15) is 27.6 Å². The number of fused-ring (bicyclic) bond motifs is 1. The minimum Gasteiger partial charge on any atom is -0.481 e. The van der Waals surface area contributed by atoms with Crippen LogP contribution in [0.2, 0.25) is 0 Å². The highest BCUT2D eigenvalue weighted by molar-refractivity contribution is 7.11. The number of rotatable bonds is 3. The van der Waals surface area contributed by atoms with Crippen molar-refractivity contribution >= 4 is 17.3 Å². The van der Waals surface area contributed by atoms with E-state index in [1.165, 1.54) is 12.1 Å². The van der Waals surface area contributed by atoms with Gasteiger partial charge in [0.25, 0.3) is 0 Å². The van der Waals surface area contributed by atoms with Crippen molar-refractivity contribution in [1.29, 1.82) is 0 Å². The van der Waals surface area contributed by atoms with Gasteiger partial charge in [-0.2, -0.15) is 0 Å². The summed E-state index contributed by atoms with van der Waals surface area (Å²) in [5.41, 5.74) is 1.92. The molecule has 5 heteroatoms. The van der Waals surface area contributed by atoms with Gasteiger partial charge < -0.3 is 5.11 Å². The third-order valence-corrected chi connectivity index (χ3v) is 4.70. The Bertz CT molecular complexity index is 653. The van der Waals surface area contributed by atoms with Crippen molar-refractivity contribution < 1.29 is 14.3 Å². The van der Waals surface area contributed by atoms with Crippen LogP contribution in [0.25, 0.3) is 0 Å². The summed E-state index contributed by atoms with van der Waals surface area (Å²) in [5.74, 6) is -1.25. The number of carboxylic acids is 1. The number of hydrogen-bond donors (Lipinski definition) is 1. The molecule has 0 bridgehead atoms. The van der Waals surface area contributed by atoms with Gasteiger partial charge in [-0.3, -0.25) is 4.79 Å². The number of hydrogen-bond acceptors (Lipinski definition) is 3. The maximum Gasteiger partial charge on any atom is 0.306 e. The summed E-state index contributed by atoms with van der Waals surface area (Å²) in [6.45, 7) is 0. The summed E-state index contributed by atoms with van der Waals surface area (Å²) >= 11 is 1.56. The Hall–Kier alpha value is -1.75. The largest absolute Gasteiger partial charge is 0.481 e. The molecule has 1 N–H and O–H groups in total. The molecule has 1 aliphatic carbocycles. The van der Waals surface area contributed by atoms with E-state index >= 15 is 0 Å². The summed E-state index contributed by atoms with van der Waals surface area (Å²) in [6.07, 6.45) is 2.57. The van der Waals surface area contributed by atoms with Gasteiger partial charge in [-0.05, 0) is 37.0 Å². The molecule has 0 fully saturated rings. The van der Waals surface area contributed by atoms with Crippen LogP contribution >= 0.6 is 11.3 Å². The summed E-state index contributed by atoms with van der Waals surface area (Å²) in [6, 6.07) is 6.51. The number of thiazole rings is 1. The van der Waals surface area contributed by atoms with E-state index in [1.54, 1.807) is 17.4 Å². The lowest BCUT2D eigenvalue weighted by Gasteiger charge is -2.16. The molecular weight excluding hydrogens is 277 g/mol. The second kappa shape index (κ2) is 5.32. The number of benzene rings is 1. The molecule has 3 rings (SSSR count). The third-order valence-electron chi connectivity index (χ3n) is 3.58. The number of aryl methyl sites for hydroxylation is 1. The molecule has 0 spiro atoms. The van der Waals surface area contributed by atoms with E-state index in [0.29, 0.717) is 19.3 Å². The van der Waals surface area contributed by atoms with Crippen LogP contribution in [-0.4, -0.2) is 16.1 Å². The second-order valence-corrected chi connectivity index (χ2v) is 6.23. The Morgan fingerprint density at radius 3 is 3.10 bits per heavy atom. The molecule has 20 heavy (non-hydrogen) atoms. The molecule has 0 saturated carbocycles. The number of carbonyl (C=O) groups is 1. The maximum atomic E-state index is 13.2. The van der Waals surface area contributed by atoms with Crippen molar-refractivity contribution in [2.75, 3.05) is 0 Å². The normalized spacial score (nSPS) is 17.8. The molecular formula is C15H14FNO2S. The summed E-state index contributed by atoms with van der Waals surface area (Å²) in [7, 11) is 0. The Balaban J connectivity index is 1.79. The lowest BCUT2D eigenvalue weighted by molar-refractivity contribution is -0.142. The highest BCUT2D eigenvalue weighted by Gasteiger charge is 2.27. The van der Waals surface area contributed by atoms with Crippen LogP contribution in [0.15, 0.2) is 24.3 Å². The molecule has 1 aliphatic rings. The smallest absolute Gasteiger partial charge is 0.306 e. The first-order chi connectivity index (χ1) is 9.61. The van der Waals surface area contributed by atoms with E-state index in [4.69, 9.17) is 5.11 Å². The Kier molecular flexibility index (Phi) is 3.53. The van der Waals surface area contributed by atoms with Crippen LogP contribution in [0.4, 0.5) is 4.39 Å². The molecule has 2 aromatic rings. The summed E-state index contributed by atoms with van der Waals surface area (Å²) in [4.78, 5) is 16.7. The number of halogens is 1. The van der Waals surface area contributed by atoms with E-state index in [9.17, 15) is 9.18 Å². The first-order valence-electron chi connectivity index (χ1n) is 6.56. The molecule has 1 aromatic heterocycles. The average molecular weight is 291 g/mol. The maximum absolute atomic E-state index is 13.2. The SMILES string of the molecule is O=C(O)C1CCc2nc(Cc3cccc(F)c3)sc2C1. The molecule has 1 unspecified atom stereocenters. The number of nitrogens with zero attached hydrogens (tertiary/aromatic N) is 1. The fourth-order valence-electron chi connectivity index (χ4n) is 2.54. The van der Waals surface area contributed by atoms with Crippen molar-refractivity contribution in [3.05, 3.63) is 51.2 Å². The molecule has 104 valence electrons. The van der Waals surface area contributed by atoms with Crippen LogP contribution < -0.4 is 0 Å². The highest BCUT2D eigenvalue weighted by atomic mass is 32.1. The van der Waals surface area contributed by atoms with E-state index in [1.807, 2.05) is 6.07 Å². The molecule has 1 heterocycles. The van der Waals surface area contributed by atoms with Gasteiger partial charge in [-0.1, -0.05) is 12.1 Å². The zero-order chi connectivity index (χ0) is 14.1. The van der Waals surface area contributed by atoms with Gasteiger partial charge in [0.2, 0.25) is 0 Å². The summed E-state index contributed by atoms with van der Waals surface area (Å²) < 4.78 is 13.2. The molecule has 1 aromatic carbocycles. The fourth-order valence-corrected chi connectivity index (χ4v) is 3.77. The fraction of sp³-hybridized carbons (Fsp3) is 0.333. The summed E-state index contributed by atoms with van der Waals surface area (Å²) in [5, 5.41) is 10.0. The van der Waals surface area contributed by atoms with Crippen molar-refractivity contribution in [3.8, 4) is 0 Å². The first kappa shape index (κ1) is 13.2. The lowest BCUT2D eigenvalue weighted by atomic mass is 9.91. The van der Waals surface area contributed by atoms with Gasteiger partial charge in [0.15, 0.2) is 0 Å². The van der Waals surface area contributed by atoms with E-state index in [-0.39, 0.29) is 11.7 Å². The van der Waals surface area contributed by atoms with E-state index in [0.717, 1.165) is 27.6 Å². The van der Waals surface area contributed by atoms with Crippen LogP contribution in [-0.2, 0) is 24.1 Å². The number of aliphatic carboxylic acids is 1. The number of carboxylic acid groups (broad SMARTS) is 1. The van der Waals surface area contributed by atoms with Crippen LogP contribution in [0.3, 0.4) is 0 Å². The van der Waals surface area contributed by atoms with Crippen molar-refractivity contribution in [3.63, 3.8) is 0 Å². The first-order valence-corrected chi connectivity index (χ1v) is 7.38. The average Bonchev–Trinajstić information content (AvgIpc) is 2.79. The van der Waals surface area contributed by atoms with Gasteiger partial charge in [0, 0.05) is 11.3 Å². The predicted molar refractivity (Wildman–Crippen MR) is 74.5 cm³/mol. The zero-order valence-corrected chi connectivity index (χ0v) is 11.6. The molecule has 0 aliphatic heterocycles. The van der Waals surface area contributed by atoms with Crippen LogP contribution in [0, 0.1) is 11.7 Å². The molecule has 0 radical (unpaired) electrons. The van der Waals surface area contributed by atoms with Crippen molar-refractivity contribution in [2.45, 2.75) is 25.7 Å². The standard InChI is InChI=1S/C15H14FNO2S/c16-11-3-1-2-9(6-11)7-14-17-12-5-4-10(15(18)19)8-13(12)20-14/h1-3,6,10H,4-5,7-8H2,(H,18,19). The van der Waals surface area contributed by atoms with Gasteiger partial charge in [-0.25, -0.2) is 9.37 Å². The minimum atomic E-state index is -0.726. The lowest BCUT2D eigenvalue weighted by Crippen LogP contribution is -2.21. The highest BCUT2D eigenvalue weighted by Crippen LogP contribution is 2.31. The molecule has 1 atom stereocenters. The second-order valence-electron chi connectivity index (χ2n) is 5.06.